The molecule has 4 atom stereocenters. The molecule has 0 aliphatic carbocycles. The van der Waals surface area contributed by atoms with Crippen LogP contribution in [0.1, 0.15) is 41.5 Å². The van der Waals surface area contributed by atoms with Crippen LogP contribution in [0.3, 0.4) is 0 Å². The van der Waals surface area contributed by atoms with Gasteiger partial charge in [-0.05, 0) is 18.1 Å². The molecule has 156 valence electrons. The molecular weight excluding hydrogens is 376 g/mol. The zero-order valence-corrected chi connectivity index (χ0v) is 19.1. The summed E-state index contributed by atoms with van der Waals surface area (Å²) in [5.74, 6) is -0.523. The molecule has 1 fully saturated rings. The van der Waals surface area contributed by atoms with E-state index in [9.17, 15) is 9.59 Å². The Balaban J connectivity index is 1.96. The Morgan fingerprint density at radius 1 is 1.25 bits per heavy atom. The Morgan fingerprint density at radius 2 is 1.89 bits per heavy atom. The van der Waals surface area contributed by atoms with Crippen LogP contribution in [0.25, 0.3) is 0 Å². The highest BCUT2D eigenvalue weighted by Gasteiger charge is 2.50. The number of esters is 2. The Hall–Kier alpha value is -1.60. The van der Waals surface area contributed by atoms with Gasteiger partial charge in [0.25, 0.3) is 0 Å². The maximum atomic E-state index is 13.2. The fraction of sp³-hybridized carbons (Fsp3) is 0.714. The smallest absolute Gasteiger partial charge is 0.348 e. The second-order valence-corrected chi connectivity index (χ2v) is 14.9. The van der Waals surface area contributed by atoms with Gasteiger partial charge in [-0.1, -0.05) is 53.7 Å². The van der Waals surface area contributed by atoms with Gasteiger partial charge in [0.15, 0.2) is 0 Å². The lowest BCUT2D eigenvalue weighted by atomic mass is 9.89. The van der Waals surface area contributed by atoms with E-state index >= 15 is 0 Å². The fourth-order valence-electron chi connectivity index (χ4n) is 3.35. The number of hydrogen-bond acceptors (Lipinski definition) is 6. The summed E-state index contributed by atoms with van der Waals surface area (Å²) in [5, 5.41) is -0.0171. The van der Waals surface area contributed by atoms with Crippen LogP contribution in [-0.4, -0.2) is 45.2 Å². The van der Waals surface area contributed by atoms with Crippen molar-refractivity contribution in [3.63, 3.8) is 0 Å². The van der Waals surface area contributed by atoms with E-state index in [-0.39, 0.29) is 23.7 Å². The van der Waals surface area contributed by atoms with Gasteiger partial charge in [0.2, 0.25) is 14.4 Å². The average Bonchev–Trinajstić information content (AvgIpc) is 3.09. The van der Waals surface area contributed by atoms with Crippen molar-refractivity contribution in [1.82, 2.24) is 0 Å². The third kappa shape index (κ3) is 3.54. The van der Waals surface area contributed by atoms with Gasteiger partial charge in [0.1, 0.15) is 18.3 Å². The van der Waals surface area contributed by atoms with Gasteiger partial charge >= 0.3 is 11.9 Å². The maximum Gasteiger partial charge on any atom is 0.348 e. The van der Waals surface area contributed by atoms with Gasteiger partial charge in [-0.15, -0.1) is 0 Å². The second kappa shape index (κ2) is 6.73. The molecule has 3 aliphatic rings. The van der Waals surface area contributed by atoms with E-state index in [1.54, 1.807) is 0 Å². The zero-order chi connectivity index (χ0) is 21.1. The van der Waals surface area contributed by atoms with Crippen LogP contribution in [0, 0.1) is 11.3 Å². The average molecular weight is 409 g/mol. The quantitative estimate of drug-likeness (QED) is 0.401. The lowest BCUT2D eigenvalue weighted by Gasteiger charge is -2.41. The summed E-state index contributed by atoms with van der Waals surface area (Å²) >= 11 is 0. The number of ether oxygens (including phenoxy) is 3. The predicted molar refractivity (Wildman–Crippen MR) is 107 cm³/mol. The molecule has 0 amide bonds. The van der Waals surface area contributed by atoms with E-state index in [0.717, 1.165) is 0 Å². The molecule has 28 heavy (non-hydrogen) atoms. The molecule has 0 spiro atoms. The molecule has 0 unspecified atom stereocenters. The molecule has 0 aromatic heterocycles. The van der Waals surface area contributed by atoms with Gasteiger partial charge in [-0.25, -0.2) is 9.59 Å². The lowest BCUT2D eigenvalue weighted by molar-refractivity contribution is -0.161. The minimum atomic E-state index is -2.18. The molecular formula is C21H32O6Si. The van der Waals surface area contributed by atoms with Crippen molar-refractivity contribution in [2.45, 2.75) is 78.0 Å². The topological polar surface area (TPSA) is 71.1 Å². The minimum Gasteiger partial charge on any atom is -0.546 e. The van der Waals surface area contributed by atoms with Crippen molar-refractivity contribution in [2.24, 2.45) is 11.3 Å². The Morgan fingerprint density at radius 3 is 2.43 bits per heavy atom. The van der Waals surface area contributed by atoms with Crippen LogP contribution >= 0.6 is 0 Å². The summed E-state index contributed by atoms with van der Waals surface area (Å²) in [6.45, 7) is 16.7. The number of fused-ring (bicyclic) bond motifs is 2. The third-order valence-corrected chi connectivity index (χ3v) is 10.7. The van der Waals surface area contributed by atoms with Gasteiger partial charge < -0.3 is 18.6 Å². The van der Waals surface area contributed by atoms with Crippen LogP contribution in [-0.2, 0) is 28.2 Å². The van der Waals surface area contributed by atoms with Gasteiger partial charge in [0.05, 0.1) is 11.9 Å². The summed E-state index contributed by atoms with van der Waals surface area (Å²) < 4.78 is 23.3. The molecule has 0 saturated carbocycles. The van der Waals surface area contributed by atoms with Crippen molar-refractivity contribution in [3.8, 4) is 0 Å². The molecule has 0 N–H and O–H groups in total. The van der Waals surface area contributed by atoms with Gasteiger partial charge in [0, 0.05) is 11.3 Å². The molecule has 6 nitrogen and oxygen atoms in total. The highest BCUT2D eigenvalue weighted by Crippen LogP contribution is 2.44. The predicted octanol–water partition coefficient (Wildman–Crippen LogP) is 3.73. The van der Waals surface area contributed by atoms with E-state index < -0.39 is 37.9 Å². The molecule has 7 heteroatoms. The van der Waals surface area contributed by atoms with Crippen LogP contribution in [0.2, 0.25) is 18.1 Å². The SMILES string of the molecule is C[C@H]1C(O[Si](C)(C)C(C)(C)C)=C(C(=O)O[C@H]2C(=O)OCC2(C)C)[C@H]2C=C[C@@H]1O2. The van der Waals surface area contributed by atoms with Crippen molar-refractivity contribution in [1.29, 1.82) is 0 Å². The molecule has 3 aliphatic heterocycles. The van der Waals surface area contributed by atoms with E-state index in [1.807, 2.05) is 32.9 Å². The first-order chi connectivity index (χ1) is 12.7. The van der Waals surface area contributed by atoms with E-state index in [1.165, 1.54) is 0 Å². The van der Waals surface area contributed by atoms with Crippen molar-refractivity contribution < 1.29 is 28.2 Å². The molecule has 3 rings (SSSR count). The molecule has 0 aromatic rings. The van der Waals surface area contributed by atoms with E-state index in [2.05, 4.69) is 33.9 Å². The van der Waals surface area contributed by atoms with Crippen molar-refractivity contribution in [3.05, 3.63) is 23.5 Å². The Kier molecular flexibility index (Phi) is 5.07. The number of carbonyl (C=O) groups excluding carboxylic acids is 2. The molecule has 1 saturated heterocycles. The van der Waals surface area contributed by atoms with Gasteiger partial charge in [-0.3, -0.25) is 0 Å². The van der Waals surface area contributed by atoms with Gasteiger partial charge in [-0.2, -0.15) is 0 Å². The molecule has 0 radical (unpaired) electrons. The number of hydrogen-bond donors (Lipinski definition) is 0. The van der Waals surface area contributed by atoms with Crippen LogP contribution < -0.4 is 0 Å². The van der Waals surface area contributed by atoms with Crippen molar-refractivity contribution >= 4 is 20.3 Å². The monoisotopic (exact) mass is 408 g/mol. The first-order valence-electron chi connectivity index (χ1n) is 9.89. The minimum absolute atomic E-state index is 0.0171. The lowest BCUT2D eigenvalue weighted by Crippen LogP contribution is -2.45. The first-order valence-corrected chi connectivity index (χ1v) is 12.8. The highest BCUT2D eigenvalue weighted by atomic mass is 28.4. The molecule has 3 heterocycles. The summed E-state index contributed by atoms with van der Waals surface area (Å²) in [4.78, 5) is 25.3. The number of carbonyl (C=O) groups is 2. The van der Waals surface area contributed by atoms with E-state index in [4.69, 9.17) is 18.6 Å². The number of cyclic esters (lactones) is 1. The summed E-state index contributed by atoms with van der Waals surface area (Å²) in [5.41, 5.74) is -0.194. The summed E-state index contributed by atoms with van der Waals surface area (Å²) in [7, 11) is -2.18. The molecule has 0 aromatic carbocycles. The molecule has 2 bridgehead atoms. The highest BCUT2D eigenvalue weighted by molar-refractivity contribution is 6.74. The fourth-order valence-corrected chi connectivity index (χ4v) is 4.50. The first kappa shape index (κ1) is 21.1. The Bertz CT molecular complexity index is 742. The largest absolute Gasteiger partial charge is 0.546 e. The normalized spacial score (nSPS) is 31.8. The zero-order valence-electron chi connectivity index (χ0n) is 18.1. The standard InChI is InChI=1S/C21H32O6Si/c1-12-13-9-10-14(25-13)15(16(12)27-28(7,8)20(2,3)4)18(22)26-17-19(23)24-11-21(17,5)6/h9-10,12-14,17H,11H2,1-8H3/t12-,13+,14-,17+/m1/s1. The third-order valence-electron chi connectivity index (χ3n) is 6.36. The maximum absolute atomic E-state index is 13.2. The van der Waals surface area contributed by atoms with E-state index in [0.29, 0.717) is 11.3 Å². The van der Waals surface area contributed by atoms with Crippen LogP contribution in [0.15, 0.2) is 23.5 Å². The van der Waals surface area contributed by atoms with Crippen molar-refractivity contribution in [2.75, 3.05) is 6.61 Å². The Labute approximate surface area is 168 Å². The number of rotatable bonds is 4. The second-order valence-electron chi connectivity index (χ2n) is 10.2. The summed E-state index contributed by atoms with van der Waals surface area (Å²) in [6.07, 6.45) is 2.29. The summed E-state index contributed by atoms with van der Waals surface area (Å²) in [6, 6.07) is 0. The van der Waals surface area contributed by atoms with Crippen LogP contribution in [0.5, 0.6) is 0 Å². The van der Waals surface area contributed by atoms with Crippen LogP contribution in [0.4, 0.5) is 0 Å².